The van der Waals surface area contributed by atoms with Gasteiger partial charge in [-0.2, -0.15) is 0 Å². The first-order valence-corrected chi connectivity index (χ1v) is 6.69. The van der Waals surface area contributed by atoms with Crippen molar-refractivity contribution in [1.29, 1.82) is 0 Å². The molecule has 1 saturated heterocycles. The number of hydrogen-bond acceptors (Lipinski definition) is 4. The van der Waals surface area contributed by atoms with Crippen LogP contribution >= 0.6 is 0 Å². The Hall–Kier alpha value is -0.160. The first-order valence-electron chi connectivity index (χ1n) is 6.69. The molecule has 0 aromatic rings. The van der Waals surface area contributed by atoms with Crippen LogP contribution < -0.4 is 0 Å². The number of hydrogen-bond donors (Lipinski definition) is 1. The third kappa shape index (κ3) is 5.82. The maximum atomic E-state index is 9.06. The van der Waals surface area contributed by atoms with Crippen molar-refractivity contribution in [3.63, 3.8) is 0 Å². The predicted molar refractivity (Wildman–Crippen MR) is 67.9 cm³/mol. The van der Waals surface area contributed by atoms with E-state index in [4.69, 9.17) is 14.6 Å². The molecule has 0 aromatic carbocycles. The molecule has 0 bridgehead atoms. The zero-order valence-corrected chi connectivity index (χ0v) is 11.2. The molecule has 17 heavy (non-hydrogen) atoms. The molecule has 0 unspecified atom stereocenters. The Kier molecular flexibility index (Phi) is 7.77. The molecule has 0 aromatic heterocycles. The number of likely N-dealkylation sites (tertiary alicyclic amines) is 1. The van der Waals surface area contributed by atoms with E-state index in [-0.39, 0.29) is 6.29 Å². The van der Waals surface area contributed by atoms with Gasteiger partial charge in [0.2, 0.25) is 0 Å². The Morgan fingerprint density at radius 3 is 2.35 bits per heavy atom. The number of aliphatic hydroxyl groups excluding tert-OH is 1. The highest BCUT2D eigenvalue weighted by molar-refractivity contribution is 4.71. The Morgan fingerprint density at radius 2 is 1.82 bits per heavy atom. The number of aliphatic hydroxyl groups is 1. The molecular weight excluding hydrogens is 218 g/mol. The number of rotatable bonds is 8. The minimum Gasteiger partial charge on any atom is -0.396 e. The molecule has 102 valence electrons. The number of methoxy groups -OCH3 is 2. The van der Waals surface area contributed by atoms with Gasteiger partial charge in [-0.05, 0) is 57.7 Å². The summed E-state index contributed by atoms with van der Waals surface area (Å²) in [5.41, 5.74) is 0. The smallest absolute Gasteiger partial charge is 0.156 e. The van der Waals surface area contributed by atoms with Crippen molar-refractivity contribution in [2.75, 3.05) is 40.5 Å². The molecule has 4 nitrogen and oxygen atoms in total. The number of piperidine rings is 1. The maximum Gasteiger partial charge on any atom is 0.156 e. The van der Waals surface area contributed by atoms with E-state index in [1.165, 1.54) is 6.42 Å². The van der Waals surface area contributed by atoms with Crippen LogP contribution in [0.5, 0.6) is 0 Å². The van der Waals surface area contributed by atoms with Crippen LogP contribution in [0, 0.1) is 5.92 Å². The van der Waals surface area contributed by atoms with E-state index in [1.54, 1.807) is 14.2 Å². The van der Waals surface area contributed by atoms with Crippen molar-refractivity contribution < 1.29 is 14.6 Å². The second kappa shape index (κ2) is 8.86. The van der Waals surface area contributed by atoms with Crippen LogP contribution in [0.4, 0.5) is 0 Å². The van der Waals surface area contributed by atoms with E-state index in [0.29, 0.717) is 12.5 Å². The summed E-state index contributed by atoms with van der Waals surface area (Å²) in [5.74, 6) is 0.539. The molecule has 4 heteroatoms. The fraction of sp³-hybridized carbons (Fsp3) is 1.00. The average molecular weight is 245 g/mol. The molecule has 0 spiro atoms. The monoisotopic (exact) mass is 245 g/mol. The molecule has 1 rings (SSSR count). The van der Waals surface area contributed by atoms with Gasteiger partial charge in [0.1, 0.15) is 0 Å². The topological polar surface area (TPSA) is 41.9 Å². The Labute approximate surface area is 105 Å². The summed E-state index contributed by atoms with van der Waals surface area (Å²) in [6, 6.07) is 0. The number of unbranched alkanes of at least 4 members (excludes halogenated alkanes) is 1. The Bertz CT molecular complexity index is 178. The molecule has 1 N–H and O–H groups in total. The van der Waals surface area contributed by atoms with E-state index < -0.39 is 0 Å². The maximum absolute atomic E-state index is 9.06. The molecule has 1 fully saturated rings. The highest BCUT2D eigenvalue weighted by Gasteiger charge is 2.17. The van der Waals surface area contributed by atoms with Gasteiger partial charge in [0.25, 0.3) is 0 Å². The largest absolute Gasteiger partial charge is 0.396 e. The van der Waals surface area contributed by atoms with Gasteiger partial charge in [-0.25, -0.2) is 0 Å². The quantitative estimate of drug-likeness (QED) is 0.519. The molecular formula is C13H27NO3. The zero-order chi connectivity index (χ0) is 12.5. The van der Waals surface area contributed by atoms with Crippen molar-refractivity contribution in [3.05, 3.63) is 0 Å². The summed E-state index contributed by atoms with van der Waals surface area (Å²) >= 11 is 0. The SMILES string of the molecule is COC(CCCCN1CCC(CO)CC1)OC. The first-order chi connectivity index (χ1) is 8.30. The molecule has 0 saturated carbocycles. The van der Waals surface area contributed by atoms with Gasteiger partial charge >= 0.3 is 0 Å². The minimum absolute atomic E-state index is 0.0462. The van der Waals surface area contributed by atoms with Gasteiger partial charge in [0.15, 0.2) is 6.29 Å². The first kappa shape index (κ1) is 14.9. The van der Waals surface area contributed by atoms with Crippen molar-refractivity contribution in [3.8, 4) is 0 Å². The Balaban J connectivity index is 2.00. The van der Waals surface area contributed by atoms with E-state index in [0.717, 1.165) is 45.3 Å². The van der Waals surface area contributed by atoms with E-state index in [9.17, 15) is 0 Å². The van der Waals surface area contributed by atoms with Crippen LogP contribution in [0.15, 0.2) is 0 Å². The highest BCUT2D eigenvalue weighted by atomic mass is 16.7. The zero-order valence-electron chi connectivity index (χ0n) is 11.2. The van der Waals surface area contributed by atoms with Gasteiger partial charge in [0, 0.05) is 20.8 Å². The standard InChI is InChI=1S/C13H27NO3/c1-16-13(17-2)5-3-4-8-14-9-6-12(11-15)7-10-14/h12-13,15H,3-11H2,1-2H3. The molecule has 0 aliphatic carbocycles. The lowest BCUT2D eigenvalue weighted by atomic mass is 9.98. The summed E-state index contributed by atoms with van der Waals surface area (Å²) in [7, 11) is 3.38. The molecule has 0 atom stereocenters. The minimum atomic E-state index is -0.0462. The van der Waals surface area contributed by atoms with E-state index in [2.05, 4.69) is 4.90 Å². The third-order valence-electron chi connectivity index (χ3n) is 3.66. The fourth-order valence-electron chi connectivity index (χ4n) is 2.37. The summed E-state index contributed by atoms with van der Waals surface area (Å²) in [5, 5.41) is 9.06. The lowest BCUT2D eigenvalue weighted by Gasteiger charge is -2.31. The molecule has 0 amide bonds. The molecule has 0 radical (unpaired) electrons. The summed E-state index contributed by atoms with van der Waals surface area (Å²) < 4.78 is 10.3. The van der Waals surface area contributed by atoms with Crippen molar-refractivity contribution in [2.45, 2.75) is 38.4 Å². The molecule has 1 aliphatic heterocycles. The second-order valence-corrected chi connectivity index (χ2v) is 4.86. The third-order valence-corrected chi connectivity index (χ3v) is 3.66. The van der Waals surface area contributed by atoms with Crippen LogP contribution in [-0.4, -0.2) is 56.8 Å². The highest BCUT2D eigenvalue weighted by Crippen LogP contribution is 2.17. The van der Waals surface area contributed by atoms with Crippen molar-refractivity contribution >= 4 is 0 Å². The Morgan fingerprint density at radius 1 is 1.18 bits per heavy atom. The van der Waals surface area contributed by atoms with Gasteiger partial charge in [0.05, 0.1) is 0 Å². The lowest BCUT2D eigenvalue weighted by molar-refractivity contribution is -0.107. The van der Waals surface area contributed by atoms with E-state index >= 15 is 0 Å². The van der Waals surface area contributed by atoms with Crippen LogP contribution in [0.25, 0.3) is 0 Å². The summed E-state index contributed by atoms with van der Waals surface area (Å²) in [6.07, 6.45) is 5.57. The predicted octanol–water partition coefficient (Wildman–Crippen LogP) is 1.48. The summed E-state index contributed by atoms with van der Waals surface area (Å²) in [4.78, 5) is 2.50. The van der Waals surface area contributed by atoms with Crippen molar-refractivity contribution in [1.82, 2.24) is 4.90 Å². The van der Waals surface area contributed by atoms with Gasteiger partial charge in [-0.3, -0.25) is 0 Å². The molecule has 1 heterocycles. The lowest BCUT2D eigenvalue weighted by Crippen LogP contribution is -2.35. The van der Waals surface area contributed by atoms with Crippen molar-refractivity contribution in [2.24, 2.45) is 5.92 Å². The van der Waals surface area contributed by atoms with E-state index in [1.807, 2.05) is 0 Å². The fourth-order valence-corrected chi connectivity index (χ4v) is 2.37. The van der Waals surface area contributed by atoms with Crippen LogP contribution in [0.2, 0.25) is 0 Å². The number of nitrogens with zero attached hydrogens (tertiary/aromatic N) is 1. The average Bonchev–Trinajstić information content (AvgIpc) is 2.40. The van der Waals surface area contributed by atoms with Gasteiger partial charge in [-0.1, -0.05) is 0 Å². The van der Waals surface area contributed by atoms with Gasteiger partial charge in [-0.15, -0.1) is 0 Å². The summed E-state index contributed by atoms with van der Waals surface area (Å²) in [6.45, 7) is 3.81. The van der Waals surface area contributed by atoms with Gasteiger partial charge < -0.3 is 19.5 Å². The van der Waals surface area contributed by atoms with Crippen LogP contribution in [-0.2, 0) is 9.47 Å². The molecule has 1 aliphatic rings. The number of ether oxygens (including phenoxy) is 2. The second-order valence-electron chi connectivity index (χ2n) is 4.86. The normalized spacial score (nSPS) is 19.1. The van der Waals surface area contributed by atoms with Crippen LogP contribution in [0.3, 0.4) is 0 Å². The van der Waals surface area contributed by atoms with Crippen LogP contribution in [0.1, 0.15) is 32.1 Å².